The van der Waals surface area contributed by atoms with Gasteiger partial charge in [0.25, 0.3) is 0 Å². The van der Waals surface area contributed by atoms with Crippen molar-refractivity contribution in [1.82, 2.24) is 10.3 Å². The van der Waals surface area contributed by atoms with Crippen LogP contribution in [0.5, 0.6) is 5.75 Å². The topological polar surface area (TPSA) is 101 Å². The Morgan fingerprint density at radius 2 is 1.59 bits per heavy atom. The molecule has 2 fully saturated rings. The molecular formula is C30H33F2N3O4. The molecule has 2 saturated carbocycles. The number of benzene rings is 2. The average Bonchev–Trinajstić information content (AvgIpc) is 3.72. The van der Waals surface area contributed by atoms with Gasteiger partial charge < -0.3 is 20.5 Å². The molecule has 0 saturated heterocycles. The Labute approximate surface area is 226 Å². The summed E-state index contributed by atoms with van der Waals surface area (Å²) in [5.41, 5.74) is 2.07. The van der Waals surface area contributed by atoms with Crippen molar-refractivity contribution in [3.63, 3.8) is 0 Å². The number of hydrogen-bond donors (Lipinski definition) is 3. The number of aromatic nitrogens is 1. The van der Waals surface area contributed by atoms with Gasteiger partial charge in [0.05, 0.1) is 16.8 Å². The lowest BCUT2D eigenvalue weighted by Gasteiger charge is -2.31. The van der Waals surface area contributed by atoms with Crippen LogP contribution >= 0.6 is 0 Å². The van der Waals surface area contributed by atoms with E-state index in [-0.39, 0.29) is 29.3 Å². The van der Waals surface area contributed by atoms with E-state index in [2.05, 4.69) is 15.6 Å². The standard InChI is InChI=1S/C30H33F2N3O4/c1-30(2,3)39-29(38)35-20-9-7-19(8-10-20)34-26-21-12-17(18-13-23(31)28(37)24(32)14-18)6-11-25(21)33-15-22(26)27(36)16-4-5-16/h6,11-16,19-20,37H,4-5,7-10H2,1-3H3,(H,33,34)(H,35,38)/t19-,20+. The number of phenolic OH excluding ortho intramolecular Hbond substituents is 1. The normalized spacial score (nSPS) is 19.5. The molecule has 2 aliphatic rings. The lowest BCUT2D eigenvalue weighted by atomic mass is 9.90. The van der Waals surface area contributed by atoms with Gasteiger partial charge in [-0.3, -0.25) is 9.78 Å². The number of fused-ring (bicyclic) bond motifs is 1. The fourth-order valence-corrected chi connectivity index (χ4v) is 5.07. The summed E-state index contributed by atoms with van der Waals surface area (Å²) in [5.74, 6) is -3.08. The molecule has 9 heteroatoms. The van der Waals surface area contributed by atoms with Gasteiger partial charge in [0, 0.05) is 29.6 Å². The number of aromatic hydroxyl groups is 1. The molecule has 3 N–H and O–H groups in total. The Hall–Kier alpha value is -3.75. The first-order valence-electron chi connectivity index (χ1n) is 13.4. The van der Waals surface area contributed by atoms with E-state index < -0.39 is 29.1 Å². The largest absolute Gasteiger partial charge is 0.503 e. The van der Waals surface area contributed by atoms with E-state index in [4.69, 9.17) is 4.74 Å². The molecule has 0 radical (unpaired) electrons. The highest BCUT2D eigenvalue weighted by molar-refractivity contribution is 6.10. The number of halogens is 2. The second-order valence-corrected chi connectivity index (χ2v) is 11.5. The quantitative estimate of drug-likeness (QED) is 0.302. The fraction of sp³-hybridized carbons (Fsp3) is 0.433. The van der Waals surface area contributed by atoms with E-state index >= 15 is 0 Å². The molecule has 5 rings (SSSR count). The predicted molar refractivity (Wildman–Crippen MR) is 145 cm³/mol. The molecule has 0 aliphatic heterocycles. The zero-order valence-electron chi connectivity index (χ0n) is 22.3. The Morgan fingerprint density at radius 1 is 0.949 bits per heavy atom. The maximum atomic E-state index is 14.1. The van der Waals surface area contributed by atoms with Gasteiger partial charge in [0.15, 0.2) is 23.2 Å². The molecule has 2 aromatic carbocycles. The number of carbonyl (C=O) groups excluding carboxylic acids is 2. The number of anilines is 1. The molecule has 2 aliphatic carbocycles. The Bertz CT molecular complexity index is 1400. The van der Waals surface area contributed by atoms with Gasteiger partial charge in [-0.15, -0.1) is 0 Å². The summed E-state index contributed by atoms with van der Waals surface area (Å²) in [7, 11) is 0. The van der Waals surface area contributed by atoms with Crippen LogP contribution in [-0.4, -0.2) is 39.7 Å². The SMILES string of the molecule is CC(C)(C)OC(=O)N[C@H]1CC[C@@H](Nc2c(C(=O)C3CC3)cnc3ccc(-c4cc(F)c(O)c(F)c4)cc23)CC1. The van der Waals surface area contributed by atoms with Crippen molar-refractivity contribution in [3.05, 3.63) is 53.7 Å². The third-order valence-corrected chi connectivity index (χ3v) is 7.23. The number of ketones is 1. The maximum Gasteiger partial charge on any atom is 0.407 e. The molecule has 39 heavy (non-hydrogen) atoms. The van der Waals surface area contributed by atoms with E-state index in [0.717, 1.165) is 50.7 Å². The Morgan fingerprint density at radius 3 is 2.21 bits per heavy atom. The molecule has 1 amide bonds. The number of hydrogen-bond acceptors (Lipinski definition) is 6. The monoisotopic (exact) mass is 537 g/mol. The summed E-state index contributed by atoms with van der Waals surface area (Å²) in [5, 5.41) is 16.7. The number of nitrogens with one attached hydrogen (secondary N) is 2. The summed E-state index contributed by atoms with van der Waals surface area (Å²) in [6.07, 6.45) is 5.94. The number of carbonyl (C=O) groups is 2. The van der Waals surface area contributed by atoms with Crippen molar-refractivity contribution >= 4 is 28.5 Å². The smallest absolute Gasteiger partial charge is 0.407 e. The number of rotatable bonds is 6. The Kier molecular flexibility index (Phi) is 7.18. The second kappa shape index (κ2) is 10.4. The van der Waals surface area contributed by atoms with Crippen LogP contribution in [0.25, 0.3) is 22.0 Å². The summed E-state index contributed by atoms with van der Waals surface area (Å²) < 4.78 is 33.6. The Balaban J connectivity index is 1.42. The number of pyridine rings is 1. The van der Waals surface area contributed by atoms with Crippen molar-refractivity contribution in [2.45, 2.75) is 77.0 Å². The summed E-state index contributed by atoms with van der Waals surface area (Å²) in [6, 6.07) is 7.47. The first kappa shape index (κ1) is 26.8. The van der Waals surface area contributed by atoms with Gasteiger partial charge in [-0.2, -0.15) is 0 Å². The van der Waals surface area contributed by atoms with Crippen LogP contribution in [0.1, 0.15) is 69.7 Å². The molecule has 0 spiro atoms. The minimum atomic E-state index is -1.05. The van der Waals surface area contributed by atoms with Crippen molar-refractivity contribution < 1.29 is 28.2 Å². The zero-order valence-corrected chi connectivity index (χ0v) is 22.3. The highest BCUT2D eigenvalue weighted by Gasteiger charge is 2.33. The van der Waals surface area contributed by atoms with E-state index in [1.165, 1.54) is 0 Å². The van der Waals surface area contributed by atoms with Crippen LogP contribution in [0.2, 0.25) is 0 Å². The third-order valence-electron chi connectivity index (χ3n) is 7.23. The van der Waals surface area contributed by atoms with E-state index in [0.29, 0.717) is 27.7 Å². The maximum absolute atomic E-state index is 14.1. The van der Waals surface area contributed by atoms with Gasteiger partial charge in [0.1, 0.15) is 5.60 Å². The lowest BCUT2D eigenvalue weighted by molar-refractivity contribution is 0.0492. The highest BCUT2D eigenvalue weighted by Crippen LogP contribution is 2.39. The minimum Gasteiger partial charge on any atom is -0.503 e. The number of amides is 1. The van der Waals surface area contributed by atoms with Crippen molar-refractivity contribution in [3.8, 4) is 16.9 Å². The number of Topliss-reactive ketones (excluding diaryl/α,β-unsaturated/α-hetero) is 1. The molecule has 7 nitrogen and oxygen atoms in total. The number of phenols is 1. The molecule has 0 bridgehead atoms. The van der Waals surface area contributed by atoms with Crippen LogP contribution in [0.4, 0.5) is 19.3 Å². The van der Waals surface area contributed by atoms with Crippen LogP contribution in [-0.2, 0) is 4.74 Å². The number of nitrogens with zero attached hydrogens (tertiary/aromatic N) is 1. The molecular weight excluding hydrogens is 504 g/mol. The van der Waals surface area contributed by atoms with Gasteiger partial charge in [-0.05, 0) is 94.7 Å². The lowest BCUT2D eigenvalue weighted by Crippen LogP contribution is -2.42. The average molecular weight is 538 g/mol. The van der Waals surface area contributed by atoms with Crippen molar-refractivity contribution in [2.24, 2.45) is 5.92 Å². The predicted octanol–water partition coefficient (Wildman–Crippen LogP) is 6.73. The molecule has 0 atom stereocenters. The first-order chi connectivity index (χ1) is 18.5. The van der Waals surface area contributed by atoms with E-state index in [9.17, 15) is 23.5 Å². The first-order valence-corrected chi connectivity index (χ1v) is 13.4. The van der Waals surface area contributed by atoms with Gasteiger partial charge in [0.2, 0.25) is 0 Å². The van der Waals surface area contributed by atoms with Crippen LogP contribution in [0, 0.1) is 17.6 Å². The second-order valence-electron chi connectivity index (χ2n) is 11.5. The molecule has 206 valence electrons. The summed E-state index contributed by atoms with van der Waals surface area (Å²) >= 11 is 0. The summed E-state index contributed by atoms with van der Waals surface area (Å²) in [4.78, 5) is 29.9. The molecule has 0 unspecified atom stereocenters. The van der Waals surface area contributed by atoms with Crippen molar-refractivity contribution in [2.75, 3.05) is 5.32 Å². The summed E-state index contributed by atoms with van der Waals surface area (Å²) in [6.45, 7) is 5.48. The minimum absolute atomic E-state index is 0.00513. The van der Waals surface area contributed by atoms with E-state index in [1.807, 2.05) is 20.8 Å². The van der Waals surface area contributed by atoms with Gasteiger partial charge in [-0.25, -0.2) is 13.6 Å². The fourth-order valence-electron chi connectivity index (χ4n) is 5.07. The zero-order chi connectivity index (χ0) is 27.9. The number of ether oxygens (including phenoxy) is 1. The molecule has 1 heterocycles. The van der Waals surface area contributed by atoms with Crippen LogP contribution < -0.4 is 10.6 Å². The van der Waals surface area contributed by atoms with Crippen LogP contribution in [0.15, 0.2) is 36.5 Å². The highest BCUT2D eigenvalue weighted by atomic mass is 19.1. The third kappa shape index (κ3) is 6.13. The molecule has 1 aromatic heterocycles. The van der Waals surface area contributed by atoms with Gasteiger partial charge >= 0.3 is 6.09 Å². The number of alkyl carbamates (subject to hydrolysis) is 1. The molecule has 3 aromatic rings. The van der Waals surface area contributed by atoms with Crippen molar-refractivity contribution in [1.29, 1.82) is 0 Å². The van der Waals surface area contributed by atoms with E-state index in [1.54, 1.807) is 24.4 Å². The van der Waals surface area contributed by atoms with Gasteiger partial charge in [-0.1, -0.05) is 6.07 Å². The van der Waals surface area contributed by atoms with Crippen LogP contribution in [0.3, 0.4) is 0 Å².